The molecule has 1 aliphatic heterocycles. The standard InChI is InChI=1S/C18H25NO4/c1-2-15-8-6-7-12-19(15)17(20)14-23-18(21)11-13-22-16-9-4-3-5-10-16/h3-5,9-10,15H,2,6-8,11-14H2,1H3/t15-/m0/s1. The van der Waals surface area contributed by atoms with Crippen LogP contribution in [0, 0.1) is 0 Å². The van der Waals surface area contributed by atoms with Gasteiger partial charge in [-0.3, -0.25) is 9.59 Å². The van der Waals surface area contributed by atoms with Gasteiger partial charge in [-0.25, -0.2) is 0 Å². The van der Waals surface area contributed by atoms with Gasteiger partial charge >= 0.3 is 5.97 Å². The third-order valence-electron chi connectivity index (χ3n) is 4.09. The van der Waals surface area contributed by atoms with Gasteiger partial charge in [-0.1, -0.05) is 25.1 Å². The maximum Gasteiger partial charge on any atom is 0.309 e. The summed E-state index contributed by atoms with van der Waals surface area (Å²) in [6.07, 6.45) is 4.32. The van der Waals surface area contributed by atoms with Gasteiger partial charge in [0, 0.05) is 12.6 Å². The fourth-order valence-electron chi connectivity index (χ4n) is 2.82. The van der Waals surface area contributed by atoms with Gasteiger partial charge in [-0.05, 0) is 37.8 Å². The molecule has 1 heterocycles. The van der Waals surface area contributed by atoms with Crippen LogP contribution in [0.1, 0.15) is 39.0 Å². The fraction of sp³-hybridized carbons (Fsp3) is 0.556. The average molecular weight is 319 g/mol. The summed E-state index contributed by atoms with van der Waals surface area (Å²) in [6, 6.07) is 9.59. The largest absolute Gasteiger partial charge is 0.493 e. The fourth-order valence-corrected chi connectivity index (χ4v) is 2.82. The van der Waals surface area contributed by atoms with Crippen LogP contribution in [0.4, 0.5) is 0 Å². The van der Waals surface area contributed by atoms with E-state index in [1.54, 1.807) is 0 Å². The summed E-state index contributed by atoms with van der Waals surface area (Å²) in [6.45, 7) is 2.94. The van der Waals surface area contributed by atoms with E-state index in [-0.39, 0.29) is 31.6 Å². The molecule has 1 saturated heterocycles. The summed E-state index contributed by atoms with van der Waals surface area (Å²) < 4.78 is 10.5. The van der Waals surface area contributed by atoms with Crippen LogP contribution in [0.3, 0.4) is 0 Å². The van der Waals surface area contributed by atoms with Gasteiger partial charge < -0.3 is 14.4 Å². The maximum atomic E-state index is 12.2. The minimum atomic E-state index is -0.403. The Balaban J connectivity index is 1.66. The molecule has 0 spiro atoms. The number of benzene rings is 1. The Hall–Kier alpha value is -2.04. The molecule has 0 saturated carbocycles. The number of carbonyl (C=O) groups excluding carboxylic acids is 2. The predicted octanol–water partition coefficient (Wildman–Crippen LogP) is 2.79. The molecule has 5 heteroatoms. The quantitative estimate of drug-likeness (QED) is 0.725. The molecule has 0 aliphatic carbocycles. The van der Waals surface area contributed by atoms with Crippen molar-refractivity contribution >= 4 is 11.9 Å². The third kappa shape index (κ3) is 5.58. The van der Waals surface area contributed by atoms with E-state index in [2.05, 4.69) is 6.92 Å². The Morgan fingerprint density at radius 1 is 1.22 bits per heavy atom. The molecular formula is C18H25NO4. The van der Waals surface area contributed by atoms with E-state index in [1.165, 1.54) is 6.42 Å². The molecule has 1 aromatic carbocycles. The minimum Gasteiger partial charge on any atom is -0.493 e. The molecule has 0 unspecified atom stereocenters. The minimum absolute atomic E-state index is 0.0890. The average Bonchev–Trinajstić information content (AvgIpc) is 2.60. The lowest BCUT2D eigenvalue weighted by molar-refractivity contribution is -0.154. The van der Waals surface area contributed by atoms with Crippen LogP contribution in [0.5, 0.6) is 5.75 Å². The molecule has 0 bridgehead atoms. The van der Waals surface area contributed by atoms with Crippen LogP contribution < -0.4 is 4.74 Å². The molecule has 0 aromatic heterocycles. The van der Waals surface area contributed by atoms with E-state index < -0.39 is 5.97 Å². The highest BCUT2D eigenvalue weighted by Crippen LogP contribution is 2.19. The maximum absolute atomic E-state index is 12.2. The summed E-state index contributed by atoms with van der Waals surface area (Å²) in [5, 5.41) is 0. The molecule has 1 aromatic rings. The number of para-hydroxylation sites is 1. The van der Waals surface area contributed by atoms with Gasteiger partial charge in [0.15, 0.2) is 6.61 Å². The van der Waals surface area contributed by atoms with E-state index in [4.69, 9.17) is 9.47 Å². The zero-order valence-electron chi connectivity index (χ0n) is 13.7. The Kier molecular flexibility index (Phi) is 6.91. The lowest BCUT2D eigenvalue weighted by Gasteiger charge is -2.35. The van der Waals surface area contributed by atoms with E-state index in [9.17, 15) is 9.59 Å². The molecule has 0 N–H and O–H groups in total. The van der Waals surface area contributed by atoms with Crippen LogP contribution in [-0.4, -0.2) is 42.6 Å². The Labute approximate surface area is 137 Å². The molecule has 1 aliphatic rings. The molecule has 0 radical (unpaired) electrons. The van der Waals surface area contributed by atoms with Crippen LogP contribution in [0.2, 0.25) is 0 Å². The lowest BCUT2D eigenvalue weighted by Crippen LogP contribution is -2.45. The van der Waals surface area contributed by atoms with Crippen molar-refractivity contribution in [3.63, 3.8) is 0 Å². The van der Waals surface area contributed by atoms with Crippen LogP contribution in [0.15, 0.2) is 30.3 Å². The highest BCUT2D eigenvalue weighted by atomic mass is 16.5. The number of piperidine rings is 1. The second-order valence-corrected chi connectivity index (χ2v) is 5.72. The molecule has 126 valence electrons. The Morgan fingerprint density at radius 2 is 2.00 bits per heavy atom. The molecule has 2 rings (SSSR count). The van der Waals surface area contributed by atoms with Gasteiger partial charge in [-0.15, -0.1) is 0 Å². The van der Waals surface area contributed by atoms with Gasteiger partial charge in [0.2, 0.25) is 0 Å². The number of carbonyl (C=O) groups is 2. The van der Waals surface area contributed by atoms with Crippen molar-refractivity contribution in [1.29, 1.82) is 0 Å². The van der Waals surface area contributed by atoms with E-state index in [0.717, 1.165) is 31.6 Å². The first-order valence-corrected chi connectivity index (χ1v) is 8.33. The number of rotatable bonds is 7. The topological polar surface area (TPSA) is 55.8 Å². The van der Waals surface area contributed by atoms with E-state index in [1.807, 2.05) is 35.2 Å². The van der Waals surface area contributed by atoms with Crippen molar-refractivity contribution in [1.82, 2.24) is 4.90 Å². The molecular weight excluding hydrogens is 294 g/mol. The van der Waals surface area contributed by atoms with Crippen molar-refractivity contribution < 1.29 is 19.1 Å². The zero-order chi connectivity index (χ0) is 16.5. The van der Waals surface area contributed by atoms with Gasteiger partial charge in [0.05, 0.1) is 13.0 Å². The second-order valence-electron chi connectivity index (χ2n) is 5.72. The molecule has 1 atom stereocenters. The third-order valence-corrected chi connectivity index (χ3v) is 4.09. The van der Waals surface area contributed by atoms with Gasteiger partial charge in [-0.2, -0.15) is 0 Å². The summed E-state index contributed by atoms with van der Waals surface area (Å²) in [5.41, 5.74) is 0. The Morgan fingerprint density at radius 3 is 2.74 bits per heavy atom. The zero-order valence-corrected chi connectivity index (χ0v) is 13.7. The van der Waals surface area contributed by atoms with Gasteiger partial charge in [0.1, 0.15) is 5.75 Å². The number of ether oxygens (including phenoxy) is 2. The highest BCUT2D eigenvalue weighted by Gasteiger charge is 2.25. The molecule has 1 amide bonds. The first kappa shape index (κ1) is 17.3. The SMILES string of the molecule is CC[C@H]1CCCCN1C(=O)COC(=O)CCOc1ccccc1. The predicted molar refractivity (Wildman–Crippen MR) is 87.2 cm³/mol. The highest BCUT2D eigenvalue weighted by molar-refractivity contribution is 5.81. The van der Waals surface area contributed by atoms with Crippen LogP contribution in [0.25, 0.3) is 0 Å². The summed E-state index contributed by atoms with van der Waals surface area (Å²) >= 11 is 0. The number of hydrogen-bond acceptors (Lipinski definition) is 4. The summed E-state index contributed by atoms with van der Waals surface area (Å²) in [4.78, 5) is 25.7. The second kappa shape index (κ2) is 9.18. The molecule has 23 heavy (non-hydrogen) atoms. The van der Waals surface area contributed by atoms with Crippen molar-refractivity contribution in [3.05, 3.63) is 30.3 Å². The van der Waals surface area contributed by atoms with Gasteiger partial charge in [0.25, 0.3) is 5.91 Å². The van der Waals surface area contributed by atoms with Crippen molar-refractivity contribution in [3.8, 4) is 5.75 Å². The number of amides is 1. The molecule has 1 fully saturated rings. The summed E-state index contributed by atoms with van der Waals surface area (Å²) in [5.74, 6) is 0.226. The number of nitrogens with zero attached hydrogens (tertiary/aromatic N) is 1. The number of likely N-dealkylation sites (tertiary alicyclic amines) is 1. The van der Waals surface area contributed by atoms with E-state index >= 15 is 0 Å². The van der Waals surface area contributed by atoms with Crippen LogP contribution in [-0.2, 0) is 14.3 Å². The smallest absolute Gasteiger partial charge is 0.309 e. The lowest BCUT2D eigenvalue weighted by atomic mass is 10.00. The monoisotopic (exact) mass is 319 g/mol. The Bertz CT molecular complexity index is 503. The first-order valence-electron chi connectivity index (χ1n) is 8.33. The van der Waals surface area contributed by atoms with Crippen molar-refractivity contribution in [2.45, 2.75) is 45.1 Å². The number of esters is 1. The number of hydrogen-bond donors (Lipinski definition) is 0. The molecule has 5 nitrogen and oxygen atoms in total. The normalized spacial score (nSPS) is 17.6. The van der Waals surface area contributed by atoms with Crippen LogP contribution >= 0.6 is 0 Å². The first-order chi connectivity index (χ1) is 11.2. The van der Waals surface area contributed by atoms with Crippen molar-refractivity contribution in [2.75, 3.05) is 19.8 Å². The van der Waals surface area contributed by atoms with E-state index in [0.29, 0.717) is 0 Å². The summed E-state index contributed by atoms with van der Waals surface area (Å²) in [7, 11) is 0. The van der Waals surface area contributed by atoms with Crippen molar-refractivity contribution in [2.24, 2.45) is 0 Å².